The van der Waals surface area contributed by atoms with Crippen LogP contribution in [0.4, 0.5) is 5.69 Å². The maximum atomic E-state index is 12.0. The highest BCUT2D eigenvalue weighted by Crippen LogP contribution is 2.13. The van der Waals surface area contributed by atoms with Crippen LogP contribution >= 0.6 is 0 Å². The van der Waals surface area contributed by atoms with Gasteiger partial charge in [0.05, 0.1) is 6.33 Å². The van der Waals surface area contributed by atoms with Crippen LogP contribution in [0.25, 0.3) is 0 Å². The van der Waals surface area contributed by atoms with Crippen molar-refractivity contribution in [3.63, 3.8) is 0 Å². The van der Waals surface area contributed by atoms with Crippen LogP contribution in [0, 0.1) is 0 Å². The lowest BCUT2D eigenvalue weighted by atomic mass is 10.2. The fourth-order valence-electron chi connectivity index (χ4n) is 1.70. The normalized spacial score (nSPS) is 9.95. The van der Waals surface area contributed by atoms with Crippen molar-refractivity contribution in [1.29, 1.82) is 0 Å². The molecule has 8 heteroatoms. The van der Waals surface area contributed by atoms with E-state index < -0.39 is 11.9 Å². The molecule has 0 aliphatic heterocycles. The van der Waals surface area contributed by atoms with E-state index in [1.54, 1.807) is 18.2 Å². The van der Waals surface area contributed by atoms with Crippen molar-refractivity contribution in [3.05, 3.63) is 47.5 Å². The lowest BCUT2D eigenvalue weighted by Gasteiger charge is -2.06. The molecule has 1 aromatic heterocycles. The zero-order valence-electron chi connectivity index (χ0n) is 11.0. The first kappa shape index (κ1) is 14.3. The molecule has 0 unspecified atom stereocenters. The predicted octanol–water partition coefficient (Wildman–Crippen LogP) is 0.720. The van der Waals surface area contributed by atoms with Gasteiger partial charge in [-0.1, -0.05) is 6.07 Å². The highest BCUT2D eigenvalue weighted by atomic mass is 16.4. The lowest BCUT2D eigenvalue weighted by Crippen LogP contribution is -2.19. The van der Waals surface area contributed by atoms with Crippen molar-refractivity contribution in [2.45, 2.75) is 0 Å². The third-order valence-corrected chi connectivity index (χ3v) is 2.68. The summed E-state index contributed by atoms with van der Waals surface area (Å²) in [4.78, 5) is 40.5. The number of imidazole rings is 1. The van der Waals surface area contributed by atoms with Gasteiger partial charge in [-0.2, -0.15) is 0 Å². The van der Waals surface area contributed by atoms with Gasteiger partial charge in [-0.3, -0.25) is 9.59 Å². The molecule has 21 heavy (non-hydrogen) atoms. The number of benzene rings is 1. The monoisotopic (exact) mass is 288 g/mol. The summed E-state index contributed by atoms with van der Waals surface area (Å²) in [5.74, 6) is -2.25. The van der Waals surface area contributed by atoms with Crippen molar-refractivity contribution in [3.8, 4) is 0 Å². The van der Waals surface area contributed by atoms with Gasteiger partial charge in [0.1, 0.15) is 0 Å². The van der Waals surface area contributed by atoms with Crippen molar-refractivity contribution >= 4 is 23.5 Å². The summed E-state index contributed by atoms with van der Waals surface area (Å²) in [6.45, 7) is 0. The maximum Gasteiger partial charge on any atom is 0.354 e. The number of aromatic carboxylic acids is 1. The Morgan fingerprint density at radius 2 is 2.00 bits per heavy atom. The topological polar surface area (TPSA) is 124 Å². The Bertz CT molecular complexity index is 708. The number of aromatic nitrogens is 2. The Hall–Kier alpha value is -3.16. The lowest BCUT2D eigenvalue weighted by molar-refractivity contribution is 0.0686. The average molecular weight is 288 g/mol. The highest BCUT2D eigenvalue weighted by molar-refractivity contribution is 6.09. The third-order valence-electron chi connectivity index (χ3n) is 2.68. The van der Waals surface area contributed by atoms with Crippen LogP contribution in [0.2, 0.25) is 0 Å². The number of nitrogens with one attached hydrogen (secondary N) is 3. The number of hydrogen-bond donors (Lipinski definition) is 4. The summed E-state index contributed by atoms with van der Waals surface area (Å²) >= 11 is 0. The first-order valence-corrected chi connectivity index (χ1v) is 5.93. The first-order valence-electron chi connectivity index (χ1n) is 5.93. The Morgan fingerprint density at radius 1 is 1.24 bits per heavy atom. The second kappa shape index (κ2) is 5.87. The SMILES string of the molecule is CNC(=O)c1cccc(NC(=O)c2nc[nH]c2C(=O)O)c1. The molecule has 1 heterocycles. The van der Waals surface area contributed by atoms with Gasteiger partial charge in [-0.15, -0.1) is 0 Å². The van der Waals surface area contributed by atoms with Crippen molar-refractivity contribution in [1.82, 2.24) is 15.3 Å². The third kappa shape index (κ3) is 3.06. The molecule has 2 aromatic rings. The summed E-state index contributed by atoms with van der Waals surface area (Å²) in [6, 6.07) is 6.25. The summed E-state index contributed by atoms with van der Waals surface area (Å²) in [5, 5.41) is 13.9. The van der Waals surface area contributed by atoms with Crippen molar-refractivity contribution < 1.29 is 19.5 Å². The molecule has 1 aromatic carbocycles. The predicted molar refractivity (Wildman–Crippen MR) is 73.3 cm³/mol. The molecule has 0 fully saturated rings. The van der Waals surface area contributed by atoms with Crippen LogP contribution in [0.3, 0.4) is 0 Å². The van der Waals surface area contributed by atoms with Crippen LogP contribution in [0.1, 0.15) is 31.3 Å². The second-order valence-corrected chi connectivity index (χ2v) is 4.05. The number of carbonyl (C=O) groups is 3. The second-order valence-electron chi connectivity index (χ2n) is 4.05. The molecule has 0 bridgehead atoms. The maximum absolute atomic E-state index is 12.0. The Balaban J connectivity index is 2.22. The van der Waals surface area contributed by atoms with E-state index >= 15 is 0 Å². The van der Waals surface area contributed by atoms with Crippen LogP contribution in [-0.2, 0) is 0 Å². The summed E-state index contributed by atoms with van der Waals surface area (Å²) in [7, 11) is 1.50. The molecule has 0 saturated carbocycles. The minimum atomic E-state index is -1.28. The molecular formula is C13H12N4O4. The Morgan fingerprint density at radius 3 is 2.67 bits per heavy atom. The van der Waals surface area contributed by atoms with E-state index in [-0.39, 0.29) is 17.3 Å². The van der Waals surface area contributed by atoms with E-state index in [1.165, 1.54) is 13.1 Å². The quantitative estimate of drug-likeness (QED) is 0.660. The van der Waals surface area contributed by atoms with Gasteiger partial charge < -0.3 is 20.7 Å². The fraction of sp³-hybridized carbons (Fsp3) is 0.0769. The molecule has 2 rings (SSSR count). The molecule has 0 atom stereocenters. The molecule has 0 spiro atoms. The van der Waals surface area contributed by atoms with Gasteiger partial charge in [0.25, 0.3) is 11.8 Å². The summed E-state index contributed by atoms with van der Waals surface area (Å²) in [6.07, 6.45) is 1.12. The number of H-pyrrole nitrogens is 1. The van der Waals surface area contributed by atoms with Crippen LogP contribution in [-0.4, -0.2) is 39.9 Å². The number of aromatic amines is 1. The first-order chi connectivity index (χ1) is 10.0. The Kier molecular flexibility index (Phi) is 3.98. The molecule has 0 radical (unpaired) electrons. The number of hydrogen-bond acceptors (Lipinski definition) is 4. The number of anilines is 1. The van der Waals surface area contributed by atoms with E-state index in [2.05, 4.69) is 20.6 Å². The molecule has 8 nitrogen and oxygen atoms in total. The molecule has 108 valence electrons. The molecular weight excluding hydrogens is 276 g/mol. The molecule has 0 aliphatic rings. The number of amides is 2. The number of carboxylic acid groups (broad SMARTS) is 1. The molecule has 4 N–H and O–H groups in total. The molecule has 0 aliphatic carbocycles. The van der Waals surface area contributed by atoms with E-state index in [1.807, 2.05) is 0 Å². The zero-order chi connectivity index (χ0) is 15.4. The fourth-order valence-corrected chi connectivity index (χ4v) is 1.70. The number of carbonyl (C=O) groups excluding carboxylic acids is 2. The minimum Gasteiger partial charge on any atom is -0.477 e. The van der Waals surface area contributed by atoms with Crippen LogP contribution < -0.4 is 10.6 Å². The van der Waals surface area contributed by atoms with Crippen LogP contribution in [0.15, 0.2) is 30.6 Å². The van der Waals surface area contributed by atoms with Gasteiger partial charge in [0, 0.05) is 18.3 Å². The van der Waals surface area contributed by atoms with Crippen molar-refractivity contribution in [2.75, 3.05) is 12.4 Å². The van der Waals surface area contributed by atoms with Gasteiger partial charge in [0.15, 0.2) is 11.4 Å². The molecule has 2 amide bonds. The average Bonchev–Trinajstić information content (AvgIpc) is 2.96. The summed E-state index contributed by atoms with van der Waals surface area (Å²) < 4.78 is 0. The van der Waals surface area contributed by atoms with E-state index in [4.69, 9.17) is 5.11 Å². The van der Waals surface area contributed by atoms with E-state index in [0.29, 0.717) is 11.3 Å². The van der Waals surface area contributed by atoms with E-state index in [9.17, 15) is 14.4 Å². The molecule has 0 saturated heterocycles. The van der Waals surface area contributed by atoms with Crippen molar-refractivity contribution in [2.24, 2.45) is 0 Å². The Labute approximate surface area is 119 Å². The van der Waals surface area contributed by atoms with Crippen LogP contribution in [0.5, 0.6) is 0 Å². The van der Waals surface area contributed by atoms with Gasteiger partial charge in [-0.25, -0.2) is 9.78 Å². The minimum absolute atomic E-state index is 0.229. The number of rotatable bonds is 4. The largest absolute Gasteiger partial charge is 0.477 e. The van der Waals surface area contributed by atoms with Gasteiger partial charge >= 0.3 is 5.97 Å². The van der Waals surface area contributed by atoms with Gasteiger partial charge in [0.2, 0.25) is 0 Å². The highest BCUT2D eigenvalue weighted by Gasteiger charge is 2.19. The zero-order valence-corrected chi connectivity index (χ0v) is 11.0. The number of nitrogens with zero attached hydrogens (tertiary/aromatic N) is 1. The van der Waals surface area contributed by atoms with E-state index in [0.717, 1.165) is 6.33 Å². The summed E-state index contributed by atoms with van der Waals surface area (Å²) in [5.41, 5.74) is 0.207. The standard InChI is InChI=1S/C13H12N4O4/c1-14-11(18)7-3-2-4-8(5-7)17-12(19)9-10(13(20)21)16-6-15-9/h2-6H,1H3,(H,14,18)(H,15,16)(H,17,19)(H,20,21). The van der Waals surface area contributed by atoms with Gasteiger partial charge in [-0.05, 0) is 18.2 Å². The smallest absolute Gasteiger partial charge is 0.354 e. The number of carboxylic acids is 1.